The number of thioether (sulfide) groups is 1. The minimum atomic E-state index is -3.00. The number of furan rings is 1. The second kappa shape index (κ2) is 7.11. The third kappa shape index (κ3) is 4.96. The van der Waals surface area contributed by atoms with Crippen LogP contribution in [0, 0.1) is 0 Å². The highest BCUT2D eigenvalue weighted by atomic mass is 32.2. The van der Waals surface area contributed by atoms with Crippen LogP contribution in [0.4, 0.5) is 8.78 Å². The molecule has 1 atom stereocenters. The van der Waals surface area contributed by atoms with Crippen LogP contribution < -0.4 is 0 Å². The van der Waals surface area contributed by atoms with Crippen LogP contribution >= 0.6 is 11.8 Å². The number of rotatable bonds is 5. The second-order valence-corrected chi connectivity index (χ2v) is 8.70. The van der Waals surface area contributed by atoms with Gasteiger partial charge in [0.2, 0.25) is 0 Å². The number of alkyl halides is 2. The molecule has 0 bridgehead atoms. The molecular formula is C13H19F2NO3S2. The molecule has 8 heteroatoms. The molecule has 2 heterocycles. The van der Waals surface area contributed by atoms with Crippen LogP contribution in [0.15, 0.2) is 16.5 Å². The Labute approximate surface area is 127 Å². The zero-order valence-corrected chi connectivity index (χ0v) is 13.4. The molecule has 0 aromatic carbocycles. The molecular weight excluding hydrogens is 320 g/mol. The minimum Gasteiger partial charge on any atom is -0.464 e. The smallest absolute Gasteiger partial charge is 0.284 e. The first kappa shape index (κ1) is 16.8. The Morgan fingerprint density at radius 1 is 1.38 bits per heavy atom. The van der Waals surface area contributed by atoms with E-state index in [0.717, 1.165) is 0 Å². The van der Waals surface area contributed by atoms with E-state index in [0.29, 0.717) is 49.3 Å². The Balaban J connectivity index is 1.90. The quantitative estimate of drug-likeness (QED) is 0.826. The van der Waals surface area contributed by atoms with Crippen molar-refractivity contribution in [1.82, 2.24) is 4.90 Å². The van der Waals surface area contributed by atoms with Crippen molar-refractivity contribution in [2.24, 2.45) is 0 Å². The van der Waals surface area contributed by atoms with Crippen LogP contribution in [-0.2, 0) is 22.1 Å². The number of nitrogens with zero attached hydrogens (tertiary/aromatic N) is 1. The van der Waals surface area contributed by atoms with Gasteiger partial charge in [-0.05, 0) is 32.0 Å². The summed E-state index contributed by atoms with van der Waals surface area (Å²) >= 11 is 0.527. The zero-order chi connectivity index (χ0) is 15.5. The van der Waals surface area contributed by atoms with Crippen molar-refractivity contribution in [3.05, 3.63) is 23.7 Å². The minimum absolute atomic E-state index is 0.142. The molecule has 120 valence electrons. The molecule has 1 fully saturated rings. The van der Waals surface area contributed by atoms with Crippen molar-refractivity contribution in [3.63, 3.8) is 0 Å². The number of sulfone groups is 1. The Morgan fingerprint density at radius 2 is 2.10 bits per heavy atom. The topological polar surface area (TPSA) is 50.5 Å². The lowest BCUT2D eigenvalue weighted by molar-refractivity contribution is 0.250. The summed E-state index contributed by atoms with van der Waals surface area (Å²) in [6.45, 7) is 3.43. The Morgan fingerprint density at radius 3 is 2.81 bits per heavy atom. The van der Waals surface area contributed by atoms with E-state index in [-0.39, 0.29) is 16.8 Å². The standard InChI is InChI=1S/C13H19F2NO3S2/c1-10-4-5-16(6-7-21(10,17)18)8-11-2-3-12(19-11)9-20-13(14)15/h2-3,10,13H,4-9H2,1H3/t10-/m0/s1. The van der Waals surface area contributed by atoms with Crippen LogP contribution in [0.2, 0.25) is 0 Å². The first-order chi connectivity index (χ1) is 9.87. The van der Waals surface area contributed by atoms with Crippen LogP contribution in [-0.4, -0.2) is 43.2 Å². The first-order valence-corrected chi connectivity index (χ1v) is 9.54. The van der Waals surface area contributed by atoms with Gasteiger partial charge in [0.25, 0.3) is 5.76 Å². The zero-order valence-electron chi connectivity index (χ0n) is 11.8. The van der Waals surface area contributed by atoms with Crippen LogP contribution in [0.5, 0.6) is 0 Å². The monoisotopic (exact) mass is 339 g/mol. The summed E-state index contributed by atoms with van der Waals surface area (Å²) in [6.07, 6.45) is 0.608. The highest BCUT2D eigenvalue weighted by Gasteiger charge is 2.26. The summed E-state index contributed by atoms with van der Waals surface area (Å²) in [5, 5.41) is -0.308. The van der Waals surface area contributed by atoms with E-state index in [9.17, 15) is 17.2 Å². The fourth-order valence-corrected chi connectivity index (χ4v) is 4.05. The number of hydrogen-bond donors (Lipinski definition) is 0. The summed E-state index contributed by atoms with van der Waals surface area (Å²) in [5.41, 5.74) is 0. The molecule has 0 saturated carbocycles. The molecule has 0 radical (unpaired) electrons. The third-order valence-corrected chi connectivity index (χ3v) is 6.52. The Hall–Kier alpha value is -0.600. The Kier molecular flexibility index (Phi) is 5.67. The van der Waals surface area contributed by atoms with Crippen molar-refractivity contribution >= 4 is 21.6 Å². The van der Waals surface area contributed by atoms with Gasteiger partial charge >= 0.3 is 0 Å². The van der Waals surface area contributed by atoms with Gasteiger partial charge in [0.15, 0.2) is 9.84 Å². The summed E-state index contributed by atoms with van der Waals surface area (Å²) < 4.78 is 53.4. The largest absolute Gasteiger partial charge is 0.464 e. The molecule has 1 aromatic rings. The summed E-state index contributed by atoms with van der Waals surface area (Å²) in [4.78, 5) is 2.03. The molecule has 4 nitrogen and oxygen atoms in total. The normalized spacial score (nSPS) is 23.3. The highest BCUT2D eigenvalue weighted by molar-refractivity contribution is 7.98. The van der Waals surface area contributed by atoms with Crippen LogP contribution in [0.25, 0.3) is 0 Å². The lowest BCUT2D eigenvalue weighted by Gasteiger charge is -2.17. The lowest BCUT2D eigenvalue weighted by Crippen LogP contribution is -2.26. The van der Waals surface area contributed by atoms with Gasteiger partial charge in [-0.15, -0.1) is 0 Å². The average Bonchev–Trinajstić information content (AvgIpc) is 2.81. The van der Waals surface area contributed by atoms with Crippen molar-refractivity contribution < 1.29 is 21.6 Å². The van der Waals surface area contributed by atoms with E-state index in [1.165, 1.54) is 0 Å². The maximum absolute atomic E-state index is 12.1. The molecule has 2 rings (SSSR count). The predicted molar refractivity (Wildman–Crippen MR) is 79.1 cm³/mol. The van der Waals surface area contributed by atoms with Crippen LogP contribution in [0.1, 0.15) is 24.9 Å². The van der Waals surface area contributed by atoms with E-state index < -0.39 is 15.6 Å². The molecule has 1 aromatic heterocycles. The van der Waals surface area contributed by atoms with Gasteiger partial charge in [-0.2, -0.15) is 8.78 Å². The SMILES string of the molecule is C[C@H]1CCN(Cc2ccc(CSC(F)F)o2)CCS1(=O)=O. The van der Waals surface area contributed by atoms with Crippen molar-refractivity contribution in [2.75, 3.05) is 18.8 Å². The molecule has 0 spiro atoms. The second-order valence-electron chi connectivity index (χ2n) is 5.18. The number of halogens is 2. The van der Waals surface area contributed by atoms with E-state index >= 15 is 0 Å². The Bertz CT molecular complexity index is 560. The van der Waals surface area contributed by atoms with E-state index in [1.807, 2.05) is 4.90 Å². The van der Waals surface area contributed by atoms with Crippen molar-refractivity contribution in [3.8, 4) is 0 Å². The van der Waals surface area contributed by atoms with Gasteiger partial charge in [-0.25, -0.2) is 8.42 Å². The summed E-state index contributed by atoms with van der Waals surface area (Å²) in [6, 6.07) is 3.46. The van der Waals surface area contributed by atoms with Gasteiger partial charge in [0, 0.05) is 6.54 Å². The molecule has 0 N–H and O–H groups in total. The van der Waals surface area contributed by atoms with E-state index in [1.54, 1.807) is 19.1 Å². The maximum Gasteiger partial charge on any atom is 0.284 e. The highest BCUT2D eigenvalue weighted by Crippen LogP contribution is 2.22. The molecule has 1 aliphatic heterocycles. The van der Waals surface area contributed by atoms with Gasteiger partial charge in [0.1, 0.15) is 11.5 Å². The van der Waals surface area contributed by atoms with E-state index in [4.69, 9.17) is 4.42 Å². The maximum atomic E-state index is 12.1. The fraction of sp³-hybridized carbons (Fsp3) is 0.692. The molecule has 0 amide bonds. The van der Waals surface area contributed by atoms with Gasteiger partial charge in [0.05, 0.1) is 23.3 Å². The molecule has 0 unspecified atom stereocenters. The fourth-order valence-electron chi connectivity index (χ4n) is 2.22. The van der Waals surface area contributed by atoms with E-state index in [2.05, 4.69) is 0 Å². The van der Waals surface area contributed by atoms with Gasteiger partial charge in [-0.1, -0.05) is 11.8 Å². The molecule has 0 aliphatic carbocycles. The van der Waals surface area contributed by atoms with Gasteiger partial charge in [-0.3, -0.25) is 4.90 Å². The summed E-state index contributed by atoms with van der Waals surface area (Å²) in [5.74, 6) is -0.903. The van der Waals surface area contributed by atoms with Gasteiger partial charge < -0.3 is 4.42 Å². The van der Waals surface area contributed by atoms with Crippen molar-refractivity contribution in [1.29, 1.82) is 0 Å². The summed E-state index contributed by atoms with van der Waals surface area (Å²) in [7, 11) is -3.00. The predicted octanol–water partition coefficient (Wildman–Crippen LogP) is 2.74. The molecule has 1 aliphatic rings. The molecule has 21 heavy (non-hydrogen) atoms. The van der Waals surface area contributed by atoms with Crippen molar-refractivity contribution in [2.45, 2.75) is 36.6 Å². The van der Waals surface area contributed by atoms with Crippen LogP contribution in [0.3, 0.4) is 0 Å². The first-order valence-electron chi connectivity index (χ1n) is 6.78. The lowest BCUT2D eigenvalue weighted by atomic mass is 10.3. The number of hydrogen-bond acceptors (Lipinski definition) is 5. The third-order valence-electron chi connectivity index (χ3n) is 3.61. The average molecular weight is 339 g/mol. The molecule has 1 saturated heterocycles.